The minimum Gasteiger partial charge on any atom is -0.197 e. The predicted molar refractivity (Wildman–Crippen MR) is 66.5 cm³/mol. The third kappa shape index (κ3) is 1.79. The van der Waals surface area contributed by atoms with Gasteiger partial charge in [0.2, 0.25) is 0 Å². The van der Waals surface area contributed by atoms with E-state index in [0.717, 1.165) is 12.0 Å². The Kier molecular flexibility index (Phi) is 2.66. The van der Waals surface area contributed by atoms with Gasteiger partial charge in [-0.15, -0.1) is 0 Å². The van der Waals surface area contributed by atoms with Crippen LogP contribution < -0.4 is 0 Å². The Bertz CT molecular complexity index is 488. The molecule has 80 valence electrons. The summed E-state index contributed by atoms with van der Waals surface area (Å²) in [6, 6.07) is 12.7. The standard InChI is InChI=1S/C15H15N/c1-12-8-9-14(10-15(12,2)11-16)13-6-4-3-5-7-13/h3-9H,10H2,1-2H3. The van der Waals surface area contributed by atoms with Gasteiger partial charge in [-0.2, -0.15) is 5.26 Å². The molecule has 0 spiro atoms. The normalized spacial score (nSPS) is 24.3. The highest BCUT2D eigenvalue weighted by Gasteiger charge is 2.29. The second kappa shape index (κ2) is 3.98. The Morgan fingerprint density at radius 3 is 2.50 bits per heavy atom. The summed E-state index contributed by atoms with van der Waals surface area (Å²) in [5, 5.41) is 9.27. The van der Waals surface area contributed by atoms with Crippen molar-refractivity contribution in [3.63, 3.8) is 0 Å². The molecule has 1 aromatic rings. The lowest BCUT2D eigenvalue weighted by molar-refractivity contribution is 0.541. The van der Waals surface area contributed by atoms with Crippen LogP contribution in [-0.2, 0) is 0 Å². The molecule has 1 aromatic carbocycles. The minimum absolute atomic E-state index is 0.347. The summed E-state index contributed by atoms with van der Waals surface area (Å²) in [6.07, 6.45) is 4.99. The molecule has 0 amide bonds. The van der Waals surface area contributed by atoms with Crippen LogP contribution in [0.2, 0.25) is 0 Å². The monoisotopic (exact) mass is 209 g/mol. The first-order chi connectivity index (χ1) is 7.65. The van der Waals surface area contributed by atoms with Crippen LogP contribution in [0.1, 0.15) is 25.8 Å². The van der Waals surface area contributed by atoms with E-state index in [4.69, 9.17) is 0 Å². The SMILES string of the molecule is CC1=CC=C(c2ccccc2)CC1(C)C#N. The maximum absolute atomic E-state index is 9.27. The predicted octanol–water partition coefficient (Wildman–Crippen LogP) is 3.95. The highest BCUT2D eigenvalue weighted by Crippen LogP contribution is 2.39. The van der Waals surface area contributed by atoms with Crippen LogP contribution in [0.3, 0.4) is 0 Å². The maximum atomic E-state index is 9.27. The summed E-state index contributed by atoms with van der Waals surface area (Å²) >= 11 is 0. The molecule has 1 aliphatic carbocycles. The molecular formula is C15H15N. The van der Waals surface area contributed by atoms with E-state index in [1.807, 2.05) is 32.0 Å². The van der Waals surface area contributed by atoms with Crippen LogP contribution in [0.5, 0.6) is 0 Å². The zero-order valence-corrected chi connectivity index (χ0v) is 9.70. The first kappa shape index (κ1) is 10.7. The van der Waals surface area contributed by atoms with E-state index in [9.17, 15) is 5.26 Å². The van der Waals surface area contributed by atoms with E-state index < -0.39 is 0 Å². The molecule has 0 fully saturated rings. The van der Waals surface area contributed by atoms with E-state index in [0.29, 0.717) is 0 Å². The van der Waals surface area contributed by atoms with Gasteiger partial charge in [0.1, 0.15) is 0 Å². The first-order valence-electron chi connectivity index (χ1n) is 5.50. The van der Waals surface area contributed by atoms with Crippen molar-refractivity contribution in [1.29, 1.82) is 5.26 Å². The molecular weight excluding hydrogens is 194 g/mol. The van der Waals surface area contributed by atoms with Crippen LogP contribution >= 0.6 is 0 Å². The Hall–Kier alpha value is -1.81. The Labute approximate surface area is 96.7 Å². The smallest absolute Gasteiger partial charge is 0.0795 e. The van der Waals surface area contributed by atoms with Crippen molar-refractivity contribution >= 4 is 5.57 Å². The van der Waals surface area contributed by atoms with Gasteiger partial charge in [0.05, 0.1) is 11.5 Å². The second-order valence-electron chi connectivity index (χ2n) is 4.53. The van der Waals surface area contributed by atoms with Gasteiger partial charge in [-0.25, -0.2) is 0 Å². The van der Waals surface area contributed by atoms with Crippen LogP contribution in [0, 0.1) is 16.7 Å². The number of nitriles is 1. The lowest BCUT2D eigenvalue weighted by Gasteiger charge is -2.27. The van der Waals surface area contributed by atoms with Gasteiger partial charge in [-0.3, -0.25) is 0 Å². The van der Waals surface area contributed by atoms with Crippen molar-refractivity contribution in [2.45, 2.75) is 20.3 Å². The summed E-state index contributed by atoms with van der Waals surface area (Å²) < 4.78 is 0. The quantitative estimate of drug-likeness (QED) is 0.687. The molecule has 0 N–H and O–H groups in total. The van der Waals surface area contributed by atoms with Gasteiger partial charge in [0.25, 0.3) is 0 Å². The molecule has 0 heterocycles. The van der Waals surface area contributed by atoms with Gasteiger partial charge >= 0.3 is 0 Å². The molecule has 1 heteroatoms. The lowest BCUT2D eigenvalue weighted by Crippen LogP contribution is -2.18. The number of allylic oxidation sites excluding steroid dienone is 4. The van der Waals surface area contributed by atoms with Gasteiger partial charge in [-0.05, 0) is 31.4 Å². The molecule has 1 aliphatic rings. The number of hydrogen-bond acceptors (Lipinski definition) is 1. The molecule has 0 bridgehead atoms. The molecule has 0 aliphatic heterocycles. The molecule has 0 radical (unpaired) electrons. The number of hydrogen-bond donors (Lipinski definition) is 0. The molecule has 0 saturated carbocycles. The van der Waals surface area contributed by atoms with Gasteiger partial charge in [0, 0.05) is 0 Å². The van der Waals surface area contributed by atoms with E-state index in [-0.39, 0.29) is 5.41 Å². The fourth-order valence-electron chi connectivity index (χ4n) is 1.97. The van der Waals surface area contributed by atoms with Gasteiger partial charge in [0.15, 0.2) is 0 Å². The van der Waals surface area contributed by atoms with Crippen molar-refractivity contribution in [3.05, 3.63) is 53.6 Å². The fourth-order valence-corrected chi connectivity index (χ4v) is 1.97. The number of nitrogens with zero attached hydrogens (tertiary/aromatic N) is 1. The highest BCUT2D eigenvalue weighted by atomic mass is 14.4. The van der Waals surface area contributed by atoms with Crippen LogP contribution in [0.4, 0.5) is 0 Å². The Balaban J connectivity index is 2.38. The fraction of sp³-hybridized carbons (Fsp3) is 0.267. The van der Waals surface area contributed by atoms with Crippen molar-refractivity contribution in [2.75, 3.05) is 0 Å². The van der Waals surface area contributed by atoms with Crippen molar-refractivity contribution in [3.8, 4) is 6.07 Å². The van der Waals surface area contributed by atoms with E-state index >= 15 is 0 Å². The van der Waals surface area contributed by atoms with E-state index in [2.05, 4.69) is 30.4 Å². The third-order valence-electron chi connectivity index (χ3n) is 3.34. The zero-order chi connectivity index (χ0) is 11.6. The summed E-state index contributed by atoms with van der Waals surface area (Å²) in [4.78, 5) is 0. The van der Waals surface area contributed by atoms with Crippen LogP contribution in [-0.4, -0.2) is 0 Å². The van der Waals surface area contributed by atoms with Gasteiger partial charge < -0.3 is 0 Å². The average Bonchev–Trinajstić information content (AvgIpc) is 2.34. The highest BCUT2D eigenvalue weighted by molar-refractivity contribution is 5.70. The van der Waals surface area contributed by atoms with Crippen molar-refractivity contribution in [2.24, 2.45) is 5.41 Å². The van der Waals surface area contributed by atoms with Crippen molar-refractivity contribution < 1.29 is 0 Å². The molecule has 2 rings (SSSR count). The average molecular weight is 209 g/mol. The lowest BCUT2D eigenvalue weighted by atomic mass is 9.74. The summed E-state index contributed by atoms with van der Waals surface area (Å²) in [6.45, 7) is 4.04. The molecule has 1 atom stereocenters. The van der Waals surface area contributed by atoms with Crippen LogP contribution in [0.15, 0.2) is 48.1 Å². The Morgan fingerprint density at radius 1 is 1.19 bits per heavy atom. The topological polar surface area (TPSA) is 23.8 Å². The molecule has 1 unspecified atom stereocenters. The van der Waals surface area contributed by atoms with Gasteiger partial charge in [-0.1, -0.05) is 48.1 Å². The number of rotatable bonds is 1. The molecule has 0 aromatic heterocycles. The zero-order valence-electron chi connectivity index (χ0n) is 9.70. The summed E-state index contributed by atoms with van der Waals surface area (Å²) in [7, 11) is 0. The summed E-state index contributed by atoms with van der Waals surface area (Å²) in [5.74, 6) is 0. The van der Waals surface area contributed by atoms with Crippen LogP contribution in [0.25, 0.3) is 5.57 Å². The first-order valence-corrected chi connectivity index (χ1v) is 5.50. The molecule has 16 heavy (non-hydrogen) atoms. The molecule has 1 nitrogen and oxygen atoms in total. The largest absolute Gasteiger partial charge is 0.197 e. The third-order valence-corrected chi connectivity index (χ3v) is 3.34. The Morgan fingerprint density at radius 2 is 1.88 bits per heavy atom. The minimum atomic E-state index is -0.347. The summed E-state index contributed by atoms with van der Waals surface area (Å²) in [5.41, 5.74) is 3.26. The van der Waals surface area contributed by atoms with E-state index in [1.54, 1.807) is 0 Å². The van der Waals surface area contributed by atoms with Crippen molar-refractivity contribution in [1.82, 2.24) is 0 Å². The maximum Gasteiger partial charge on any atom is 0.0795 e. The second-order valence-corrected chi connectivity index (χ2v) is 4.53. The van der Waals surface area contributed by atoms with E-state index in [1.165, 1.54) is 11.1 Å². The molecule has 0 saturated heterocycles. The number of benzene rings is 1.